The van der Waals surface area contributed by atoms with Crippen molar-refractivity contribution >= 4 is 29.0 Å². The van der Waals surface area contributed by atoms with Gasteiger partial charge in [-0.3, -0.25) is 9.69 Å². The fourth-order valence-electron chi connectivity index (χ4n) is 4.43. The van der Waals surface area contributed by atoms with Crippen molar-refractivity contribution in [3.05, 3.63) is 53.6 Å². The van der Waals surface area contributed by atoms with E-state index in [-0.39, 0.29) is 18.9 Å². The Morgan fingerprint density at radius 3 is 2.63 bits per heavy atom. The highest BCUT2D eigenvalue weighted by Gasteiger charge is 2.35. The van der Waals surface area contributed by atoms with Crippen LogP contribution >= 0.6 is 0 Å². The van der Waals surface area contributed by atoms with Crippen molar-refractivity contribution in [2.75, 3.05) is 38.2 Å². The molecule has 0 aliphatic carbocycles. The molecular formula is C23H26F2N8O2. The molecule has 12 heteroatoms. The number of fused-ring (bicyclic) bond motifs is 1. The van der Waals surface area contributed by atoms with Crippen LogP contribution in [-0.2, 0) is 17.6 Å². The van der Waals surface area contributed by atoms with Crippen LogP contribution in [0.3, 0.4) is 0 Å². The Kier molecular flexibility index (Phi) is 6.55. The zero-order valence-corrected chi connectivity index (χ0v) is 19.2. The molecule has 1 aromatic heterocycles. The molecule has 2 aliphatic heterocycles. The number of benzene rings is 2. The number of nitrogens with one attached hydrogen (secondary N) is 1. The van der Waals surface area contributed by atoms with Gasteiger partial charge in [-0.2, -0.15) is 5.10 Å². The van der Waals surface area contributed by atoms with E-state index >= 15 is 0 Å². The number of hydrogen-bond acceptors (Lipinski definition) is 9. The second kappa shape index (κ2) is 9.92. The molecule has 184 valence electrons. The van der Waals surface area contributed by atoms with E-state index in [1.54, 1.807) is 21.3 Å². The van der Waals surface area contributed by atoms with Crippen LogP contribution in [0.15, 0.2) is 52.2 Å². The second-order valence-corrected chi connectivity index (χ2v) is 8.67. The molecule has 10 nitrogen and oxygen atoms in total. The van der Waals surface area contributed by atoms with Crippen LogP contribution in [-0.4, -0.2) is 83.2 Å². The standard InChI is InChI=1S/C23H26F2N8O2/c1-30-29-26-15-33(30)18-5-2-16(3-6-18)13-22(34)32-11-10-31(21(14-32)23(24)25)9-8-17-4-7-19-20(12-17)28-35-27-19/h2-7,12,15,21,23,29H,8-11,13-14H2,1H3. The van der Waals surface area contributed by atoms with Gasteiger partial charge in [0.15, 0.2) is 0 Å². The maximum Gasteiger partial charge on any atom is 0.255 e. The smallest absolute Gasteiger partial charge is 0.255 e. The van der Waals surface area contributed by atoms with E-state index in [1.807, 2.05) is 54.5 Å². The number of piperazine rings is 1. The minimum atomic E-state index is -2.54. The Hall–Kier alpha value is -3.64. The summed E-state index contributed by atoms with van der Waals surface area (Å²) < 4.78 is 32.5. The van der Waals surface area contributed by atoms with Gasteiger partial charge in [0.2, 0.25) is 5.91 Å². The van der Waals surface area contributed by atoms with Gasteiger partial charge in [-0.05, 0) is 52.1 Å². The highest BCUT2D eigenvalue weighted by Crippen LogP contribution is 2.21. The lowest BCUT2D eigenvalue weighted by atomic mass is 10.1. The summed E-state index contributed by atoms with van der Waals surface area (Å²) in [6.07, 6.45) is -0.128. The number of amides is 1. The minimum absolute atomic E-state index is 0.0154. The summed E-state index contributed by atoms with van der Waals surface area (Å²) in [7, 11) is 1.83. The van der Waals surface area contributed by atoms with Crippen LogP contribution < -0.4 is 10.5 Å². The molecule has 3 heterocycles. The predicted molar refractivity (Wildman–Crippen MR) is 125 cm³/mol. The maximum atomic E-state index is 13.9. The van der Waals surface area contributed by atoms with E-state index in [0.717, 1.165) is 16.8 Å². The molecule has 0 saturated carbocycles. The molecule has 0 radical (unpaired) electrons. The summed E-state index contributed by atoms with van der Waals surface area (Å²) in [5, 5.41) is 15.1. The molecule has 1 N–H and O–H groups in total. The van der Waals surface area contributed by atoms with Gasteiger partial charge in [0.25, 0.3) is 6.43 Å². The summed E-state index contributed by atoms with van der Waals surface area (Å²) in [4.78, 5) is 16.2. The van der Waals surface area contributed by atoms with E-state index in [9.17, 15) is 13.6 Å². The number of aromatic nitrogens is 2. The van der Waals surface area contributed by atoms with Gasteiger partial charge >= 0.3 is 0 Å². The van der Waals surface area contributed by atoms with Crippen LogP contribution in [0.25, 0.3) is 11.0 Å². The van der Waals surface area contributed by atoms with Crippen LogP contribution in [0.5, 0.6) is 0 Å². The highest BCUT2D eigenvalue weighted by molar-refractivity contribution is 5.81. The molecule has 1 fully saturated rings. The van der Waals surface area contributed by atoms with E-state index < -0.39 is 12.5 Å². The summed E-state index contributed by atoms with van der Waals surface area (Å²) >= 11 is 0. The van der Waals surface area contributed by atoms with Crippen molar-refractivity contribution in [1.29, 1.82) is 0 Å². The lowest BCUT2D eigenvalue weighted by Gasteiger charge is -2.41. The van der Waals surface area contributed by atoms with Gasteiger partial charge in [-0.25, -0.2) is 24.0 Å². The lowest BCUT2D eigenvalue weighted by Crippen LogP contribution is -2.58. The number of halogens is 2. The number of hydrogen-bond donors (Lipinski definition) is 1. The fraction of sp³-hybridized carbons (Fsp3) is 0.391. The molecule has 1 amide bonds. The normalized spacial score (nSPS) is 19.1. The SMILES string of the molecule is CN1NN=CN1c1ccc(CC(=O)N2CCN(CCc3ccc4nonc4c3)C(C(F)F)C2)cc1. The molecule has 3 aromatic rings. The molecule has 2 aliphatic rings. The quantitative estimate of drug-likeness (QED) is 0.544. The Labute approximate surface area is 200 Å². The topological polar surface area (TPSA) is 93.3 Å². The molecule has 2 aromatic carbocycles. The largest absolute Gasteiger partial charge is 0.339 e. The molecule has 1 unspecified atom stereocenters. The molecule has 1 saturated heterocycles. The fourth-order valence-corrected chi connectivity index (χ4v) is 4.43. The van der Waals surface area contributed by atoms with Gasteiger partial charge in [0.05, 0.1) is 18.2 Å². The number of carbonyl (C=O) groups is 1. The first-order valence-corrected chi connectivity index (χ1v) is 11.4. The molecule has 0 bridgehead atoms. The lowest BCUT2D eigenvalue weighted by molar-refractivity contribution is -0.135. The maximum absolute atomic E-state index is 13.9. The Bertz CT molecular complexity index is 1200. The van der Waals surface area contributed by atoms with Crippen molar-refractivity contribution in [2.45, 2.75) is 25.3 Å². The molecule has 0 spiro atoms. The third kappa shape index (κ3) is 5.08. The van der Waals surface area contributed by atoms with Crippen molar-refractivity contribution in [3.8, 4) is 0 Å². The Balaban J connectivity index is 1.17. The van der Waals surface area contributed by atoms with Crippen LogP contribution in [0, 0.1) is 0 Å². The Morgan fingerprint density at radius 1 is 1.11 bits per heavy atom. The van der Waals surface area contributed by atoms with Crippen LogP contribution in [0.2, 0.25) is 0 Å². The predicted octanol–water partition coefficient (Wildman–Crippen LogP) is 1.90. The Morgan fingerprint density at radius 2 is 1.89 bits per heavy atom. The average molecular weight is 485 g/mol. The molecule has 1 atom stereocenters. The number of rotatable bonds is 7. The van der Waals surface area contributed by atoms with Gasteiger partial charge in [-0.15, -0.1) is 5.12 Å². The highest BCUT2D eigenvalue weighted by atomic mass is 19.3. The van der Waals surface area contributed by atoms with Crippen LogP contribution in [0.1, 0.15) is 11.1 Å². The van der Waals surface area contributed by atoms with Gasteiger partial charge in [0.1, 0.15) is 17.4 Å². The molecular weight excluding hydrogens is 458 g/mol. The molecule has 5 rings (SSSR count). The van der Waals surface area contributed by atoms with E-state index in [2.05, 4.69) is 20.9 Å². The van der Waals surface area contributed by atoms with Crippen molar-refractivity contribution in [3.63, 3.8) is 0 Å². The van der Waals surface area contributed by atoms with E-state index in [1.165, 1.54) is 0 Å². The second-order valence-electron chi connectivity index (χ2n) is 8.67. The summed E-state index contributed by atoms with van der Waals surface area (Å²) in [6, 6.07) is 12.1. The first kappa shape index (κ1) is 23.1. The average Bonchev–Trinajstić information content (AvgIpc) is 3.51. The summed E-state index contributed by atoms with van der Waals surface area (Å²) in [5.74, 6) is -0.145. The van der Waals surface area contributed by atoms with Gasteiger partial charge < -0.3 is 4.90 Å². The molecule has 35 heavy (non-hydrogen) atoms. The minimum Gasteiger partial charge on any atom is -0.339 e. The number of hydrazone groups is 1. The van der Waals surface area contributed by atoms with Crippen molar-refractivity contribution in [1.82, 2.24) is 30.8 Å². The zero-order chi connectivity index (χ0) is 24.4. The number of carbonyl (C=O) groups excluding carboxylic acids is 1. The van der Waals surface area contributed by atoms with Crippen molar-refractivity contribution < 1.29 is 18.2 Å². The number of hydrazine groups is 2. The summed E-state index contributed by atoms with van der Waals surface area (Å²) in [6.45, 7) is 1.31. The van der Waals surface area contributed by atoms with E-state index in [4.69, 9.17) is 4.63 Å². The van der Waals surface area contributed by atoms with Crippen LogP contribution in [0.4, 0.5) is 14.5 Å². The monoisotopic (exact) mass is 484 g/mol. The van der Waals surface area contributed by atoms with Gasteiger partial charge in [0, 0.05) is 33.2 Å². The van der Waals surface area contributed by atoms with Gasteiger partial charge in [-0.1, -0.05) is 18.2 Å². The first-order chi connectivity index (χ1) is 17.0. The number of alkyl halides is 2. The number of nitrogens with zero attached hydrogens (tertiary/aromatic N) is 7. The zero-order valence-electron chi connectivity index (χ0n) is 19.2. The van der Waals surface area contributed by atoms with E-state index in [0.29, 0.717) is 37.1 Å². The summed E-state index contributed by atoms with van der Waals surface area (Å²) in [5.41, 5.74) is 6.80. The first-order valence-electron chi connectivity index (χ1n) is 11.4. The third-order valence-corrected chi connectivity index (χ3v) is 6.43. The third-order valence-electron chi connectivity index (χ3n) is 6.43. The van der Waals surface area contributed by atoms with Crippen molar-refractivity contribution in [2.24, 2.45) is 5.10 Å². The number of anilines is 1.